The van der Waals surface area contributed by atoms with Crippen LogP contribution in [0.2, 0.25) is 0 Å². The first-order valence-electron chi connectivity index (χ1n) is 8.52. The Hall–Kier alpha value is -1.33. The maximum absolute atomic E-state index is 12.0. The van der Waals surface area contributed by atoms with E-state index in [-0.39, 0.29) is 11.0 Å². The monoisotopic (exact) mass is 365 g/mol. The van der Waals surface area contributed by atoms with Gasteiger partial charge in [0.25, 0.3) is 0 Å². The quantitative estimate of drug-likeness (QED) is 0.678. The molecule has 0 spiro atoms. The number of hydrogen-bond donors (Lipinski definition) is 1. The van der Waals surface area contributed by atoms with Crippen LogP contribution >= 0.6 is 11.3 Å². The van der Waals surface area contributed by atoms with Crippen LogP contribution in [-0.4, -0.2) is 13.7 Å². The number of benzene rings is 1. The largest absolute Gasteiger partial charge is 0.380 e. The lowest BCUT2D eigenvalue weighted by Gasteiger charge is -2.07. The summed E-state index contributed by atoms with van der Waals surface area (Å²) in [6.45, 7) is 6.39. The van der Waals surface area contributed by atoms with Crippen molar-refractivity contribution < 1.29 is 8.42 Å². The second kappa shape index (κ2) is 8.67. The van der Waals surface area contributed by atoms with Gasteiger partial charge in [0, 0.05) is 22.0 Å². The molecule has 0 saturated carbocycles. The lowest BCUT2D eigenvalue weighted by atomic mass is 10.1. The van der Waals surface area contributed by atoms with E-state index in [9.17, 15) is 8.42 Å². The van der Waals surface area contributed by atoms with E-state index >= 15 is 0 Å². The Bertz CT molecular complexity index is 731. The average molecular weight is 366 g/mol. The third-order valence-corrected chi connectivity index (χ3v) is 7.44. The molecule has 0 unspecified atom stereocenters. The maximum atomic E-state index is 12.0. The van der Waals surface area contributed by atoms with Crippen molar-refractivity contribution in [3.63, 3.8) is 0 Å². The second-order valence-corrected chi connectivity index (χ2v) is 10.2. The Morgan fingerprint density at radius 2 is 1.71 bits per heavy atom. The van der Waals surface area contributed by atoms with Crippen molar-refractivity contribution in [2.45, 2.75) is 57.6 Å². The fourth-order valence-electron chi connectivity index (χ4n) is 2.32. The van der Waals surface area contributed by atoms with Gasteiger partial charge in [-0.3, -0.25) is 0 Å². The summed E-state index contributed by atoms with van der Waals surface area (Å²) in [5.74, 6) is 0.140. The molecule has 1 N–H and O–H groups in total. The minimum Gasteiger partial charge on any atom is -0.380 e. The fraction of sp³-hybridized carbons (Fsp3) is 0.474. The Morgan fingerprint density at radius 1 is 1.04 bits per heavy atom. The highest BCUT2D eigenvalue weighted by molar-refractivity contribution is 7.91. The Labute approximate surface area is 150 Å². The third-order valence-electron chi connectivity index (χ3n) is 4.02. The normalized spacial score (nSPS) is 11.8. The zero-order chi connectivity index (χ0) is 17.6. The van der Waals surface area contributed by atoms with E-state index in [0.717, 1.165) is 28.4 Å². The molecule has 2 rings (SSSR count). The van der Waals surface area contributed by atoms with Gasteiger partial charge < -0.3 is 5.32 Å². The molecule has 0 aliphatic carbocycles. The predicted octanol–water partition coefficient (Wildman–Crippen LogP) is 5.03. The summed E-state index contributed by atoms with van der Waals surface area (Å²) in [4.78, 5) is 2.06. The van der Waals surface area contributed by atoms with Crippen molar-refractivity contribution >= 4 is 26.9 Å². The van der Waals surface area contributed by atoms with Crippen LogP contribution in [0.5, 0.6) is 0 Å². The molecule has 0 amide bonds. The van der Waals surface area contributed by atoms with Crippen LogP contribution in [0.1, 0.15) is 48.9 Å². The SMILES string of the molecule is CCCCc1ccc(NCc2ccc(CS(=O)(=O)C(C)C)s2)cc1. The summed E-state index contributed by atoms with van der Waals surface area (Å²) in [7, 11) is -3.03. The van der Waals surface area contributed by atoms with Gasteiger partial charge in [-0.2, -0.15) is 0 Å². The molecule has 0 saturated heterocycles. The molecule has 1 heterocycles. The first-order chi connectivity index (χ1) is 11.4. The maximum Gasteiger partial charge on any atom is 0.157 e. The molecule has 24 heavy (non-hydrogen) atoms. The zero-order valence-corrected chi connectivity index (χ0v) is 16.3. The molecule has 2 aromatic rings. The van der Waals surface area contributed by atoms with E-state index in [1.165, 1.54) is 18.4 Å². The van der Waals surface area contributed by atoms with Crippen molar-refractivity contribution in [3.8, 4) is 0 Å². The molecular weight excluding hydrogens is 338 g/mol. The summed E-state index contributed by atoms with van der Waals surface area (Å²) in [5, 5.41) is 3.08. The summed E-state index contributed by atoms with van der Waals surface area (Å²) < 4.78 is 24.0. The molecule has 0 radical (unpaired) electrons. The highest BCUT2D eigenvalue weighted by Gasteiger charge is 2.17. The van der Waals surface area contributed by atoms with E-state index in [0.29, 0.717) is 0 Å². The molecule has 132 valence electrons. The molecular formula is C19H27NO2S2. The molecule has 3 nitrogen and oxygen atoms in total. The number of rotatable bonds is 9. The molecule has 0 bridgehead atoms. The summed E-state index contributed by atoms with van der Waals surface area (Å²) in [6.07, 6.45) is 3.58. The Kier molecular flexibility index (Phi) is 6.87. The summed E-state index contributed by atoms with van der Waals surface area (Å²) in [6, 6.07) is 12.5. The van der Waals surface area contributed by atoms with Gasteiger partial charge in [0.1, 0.15) is 0 Å². The highest BCUT2D eigenvalue weighted by Crippen LogP contribution is 2.22. The van der Waals surface area contributed by atoms with Gasteiger partial charge in [-0.1, -0.05) is 25.5 Å². The van der Waals surface area contributed by atoms with Crippen LogP contribution in [0.3, 0.4) is 0 Å². The van der Waals surface area contributed by atoms with Crippen LogP contribution < -0.4 is 5.32 Å². The van der Waals surface area contributed by atoms with Gasteiger partial charge >= 0.3 is 0 Å². The Morgan fingerprint density at radius 3 is 2.33 bits per heavy atom. The van der Waals surface area contributed by atoms with E-state index in [1.54, 1.807) is 25.2 Å². The number of thiophene rings is 1. The standard InChI is InChI=1S/C19H27NO2S2/c1-4-5-6-16-7-9-17(10-8-16)20-13-18-11-12-19(23-18)14-24(21,22)15(2)3/h7-12,15,20H,4-6,13-14H2,1-3H3. The Balaban J connectivity index is 1.89. The number of sulfone groups is 1. The van der Waals surface area contributed by atoms with Gasteiger partial charge in [0.15, 0.2) is 9.84 Å². The van der Waals surface area contributed by atoms with Crippen LogP contribution in [0.4, 0.5) is 5.69 Å². The van der Waals surface area contributed by atoms with Crippen LogP contribution in [-0.2, 0) is 28.6 Å². The second-order valence-electron chi connectivity index (χ2n) is 6.38. The smallest absolute Gasteiger partial charge is 0.157 e. The fourth-order valence-corrected chi connectivity index (χ4v) is 4.63. The molecule has 0 aliphatic rings. The van der Waals surface area contributed by atoms with Crippen LogP contribution in [0.25, 0.3) is 0 Å². The summed E-state index contributed by atoms with van der Waals surface area (Å²) >= 11 is 1.57. The predicted molar refractivity (Wildman–Crippen MR) is 104 cm³/mol. The first kappa shape index (κ1) is 19.0. The van der Waals surface area contributed by atoms with Gasteiger partial charge in [0.05, 0.1) is 11.0 Å². The van der Waals surface area contributed by atoms with Crippen molar-refractivity contribution in [1.82, 2.24) is 0 Å². The van der Waals surface area contributed by atoms with Gasteiger partial charge in [-0.25, -0.2) is 8.42 Å². The number of nitrogens with one attached hydrogen (secondary N) is 1. The van der Waals surface area contributed by atoms with E-state index in [2.05, 4.69) is 36.5 Å². The van der Waals surface area contributed by atoms with Crippen LogP contribution in [0.15, 0.2) is 36.4 Å². The molecule has 0 fully saturated rings. The van der Waals surface area contributed by atoms with Crippen molar-refractivity contribution in [2.75, 3.05) is 5.32 Å². The average Bonchev–Trinajstić information content (AvgIpc) is 2.98. The number of anilines is 1. The number of unbranched alkanes of at least 4 members (excludes halogenated alkanes) is 1. The number of hydrogen-bond acceptors (Lipinski definition) is 4. The van der Waals surface area contributed by atoms with Crippen molar-refractivity contribution in [2.24, 2.45) is 0 Å². The molecule has 5 heteroatoms. The minimum atomic E-state index is -3.03. The number of aryl methyl sites for hydroxylation is 1. The minimum absolute atomic E-state index is 0.140. The van der Waals surface area contributed by atoms with E-state index in [4.69, 9.17) is 0 Å². The van der Waals surface area contributed by atoms with Gasteiger partial charge in [0.2, 0.25) is 0 Å². The van der Waals surface area contributed by atoms with Gasteiger partial charge in [-0.05, 0) is 56.5 Å². The molecule has 0 aliphatic heterocycles. The van der Waals surface area contributed by atoms with E-state index < -0.39 is 9.84 Å². The summed E-state index contributed by atoms with van der Waals surface area (Å²) in [5.41, 5.74) is 2.47. The highest BCUT2D eigenvalue weighted by atomic mass is 32.2. The third kappa shape index (κ3) is 5.64. The lowest BCUT2D eigenvalue weighted by Crippen LogP contribution is -2.15. The van der Waals surface area contributed by atoms with Crippen molar-refractivity contribution in [1.29, 1.82) is 0 Å². The zero-order valence-electron chi connectivity index (χ0n) is 14.7. The van der Waals surface area contributed by atoms with Gasteiger partial charge in [-0.15, -0.1) is 11.3 Å². The first-order valence-corrected chi connectivity index (χ1v) is 11.1. The molecule has 1 aromatic carbocycles. The van der Waals surface area contributed by atoms with E-state index in [1.807, 2.05) is 12.1 Å². The lowest BCUT2D eigenvalue weighted by molar-refractivity contribution is 0.587. The topological polar surface area (TPSA) is 46.2 Å². The molecule has 1 aromatic heterocycles. The van der Waals surface area contributed by atoms with Crippen LogP contribution in [0, 0.1) is 0 Å². The molecule has 0 atom stereocenters. The van der Waals surface area contributed by atoms with Crippen molar-refractivity contribution in [3.05, 3.63) is 51.7 Å².